The molecule has 2 aliphatic heterocycles. The smallest absolute Gasteiger partial charge is 0.328 e. The molecule has 2 heterocycles. The van der Waals surface area contributed by atoms with Crippen LogP contribution < -0.4 is 15.4 Å². The van der Waals surface area contributed by atoms with E-state index in [0.29, 0.717) is 31.2 Å². The molecule has 3 rings (SSSR count). The molecule has 2 atom stereocenters. The summed E-state index contributed by atoms with van der Waals surface area (Å²) in [6.07, 6.45) is 10.7. The fraction of sp³-hybridized carbons (Fsp3) is 0.560. The van der Waals surface area contributed by atoms with E-state index in [-0.39, 0.29) is 24.3 Å². The predicted molar refractivity (Wildman–Crippen MR) is 122 cm³/mol. The van der Waals surface area contributed by atoms with E-state index >= 15 is 0 Å². The van der Waals surface area contributed by atoms with Crippen LogP contribution in [0.15, 0.2) is 30.3 Å². The summed E-state index contributed by atoms with van der Waals surface area (Å²) in [5.41, 5.74) is 0. The zero-order valence-electron chi connectivity index (χ0n) is 18.6. The number of para-hydroxylation sites is 1. The number of nitrogens with zero attached hydrogens (tertiary/aromatic N) is 1. The van der Waals surface area contributed by atoms with E-state index in [4.69, 9.17) is 11.2 Å². The van der Waals surface area contributed by atoms with Crippen molar-refractivity contribution in [3.8, 4) is 18.1 Å². The van der Waals surface area contributed by atoms with Crippen LogP contribution in [0.25, 0.3) is 0 Å². The highest BCUT2D eigenvalue weighted by molar-refractivity contribution is 5.83. The first-order valence-electron chi connectivity index (χ1n) is 11.6. The van der Waals surface area contributed by atoms with Crippen LogP contribution in [0.4, 0.5) is 0 Å². The van der Waals surface area contributed by atoms with Crippen molar-refractivity contribution in [2.45, 2.75) is 38.5 Å². The molecular formula is C25H33N3O4. The van der Waals surface area contributed by atoms with Gasteiger partial charge in [0, 0.05) is 26.1 Å². The van der Waals surface area contributed by atoms with Gasteiger partial charge in [0.25, 0.3) is 0 Å². The monoisotopic (exact) mass is 439 g/mol. The number of amides is 2. The Labute approximate surface area is 190 Å². The molecule has 0 spiro atoms. The van der Waals surface area contributed by atoms with Crippen molar-refractivity contribution in [2.24, 2.45) is 17.8 Å². The Kier molecular flexibility index (Phi) is 9.12. The summed E-state index contributed by atoms with van der Waals surface area (Å²) in [6, 6.07) is 8.68. The van der Waals surface area contributed by atoms with Crippen molar-refractivity contribution >= 4 is 17.8 Å². The number of piperidine rings is 2. The Morgan fingerprint density at radius 3 is 2.66 bits per heavy atom. The highest BCUT2D eigenvalue weighted by Crippen LogP contribution is 2.21. The average Bonchev–Trinajstić information content (AvgIpc) is 2.84. The standard InChI is InChI=1S/C25H33N3O4/c1-2-20(25(31)32-22-8-4-3-5-9-22)17-27-24(30)21-7-6-16-28(18-21)23(29)11-10-19-12-14-26-15-13-19/h1,3-5,8-9,19-21,26H,6-7,10-18H2,(H,27,30)/t20-,21+/m0/s1. The van der Waals surface area contributed by atoms with Gasteiger partial charge in [-0.25, -0.2) is 0 Å². The normalized spacial score (nSPS) is 20.1. The fourth-order valence-corrected chi connectivity index (χ4v) is 4.31. The van der Waals surface area contributed by atoms with Gasteiger partial charge in [-0.2, -0.15) is 0 Å². The predicted octanol–water partition coefficient (Wildman–Crippen LogP) is 1.98. The molecule has 7 heteroatoms. The maximum atomic E-state index is 12.7. The van der Waals surface area contributed by atoms with Gasteiger partial charge in [0.1, 0.15) is 11.7 Å². The van der Waals surface area contributed by atoms with E-state index in [2.05, 4.69) is 16.6 Å². The molecule has 1 aromatic rings. The van der Waals surface area contributed by atoms with Crippen LogP contribution >= 0.6 is 0 Å². The zero-order valence-corrected chi connectivity index (χ0v) is 18.6. The zero-order chi connectivity index (χ0) is 22.8. The van der Waals surface area contributed by atoms with Gasteiger partial charge in [-0.3, -0.25) is 14.4 Å². The van der Waals surface area contributed by atoms with Gasteiger partial charge in [-0.15, -0.1) is 6.42 Å². The van der Waals surface area contributed by atoms with Crippen LogP contribution in [-0.4, -0.2) is 55.4 Å². The minimum absolute atomic E-state index is 0.0150. The number of hydrogen-bond donors (Lipinski definition) is 2. The molecule has 0 aliphatic carbocycles. The van der Waals surface area contributed by atoms with Crippen LogP contribution in [0, 0.1) is 30.1 Å². The van der Waals surface area contributed by atoms with Crippen LogP contribution in [0.2, 0.25) is 0 Å². The Hall–Kier alpha value is -2.85. The quantitative estimate of drug-likeness (QED) is 0.367. The van der Waals surface area contributed by atoms with Gasteiger partial charge in [0.2, 0.25) is 11.8 Å². The lowest BCUT2D eigenvalue weighted by atomic mass is 9.92. The van der Waals surface area contributed by atoms with E-state index in [1.165, 1.54) is 0 Å². The Balaban J connectivity index is 1.43. The number of likely N-dealkylation sites (tertiary alicyclic amines) is 1. The number of hydrogen-bond acceptors (Lipinski definition) is 5. The van der Waals surface area contributed by atoms with Crippen molar-refractivity contribution in [2.75, 3.05) is 32.7 Å². The molecule has 0 bridgehead atoms. The van der Waals surface area contributed by atoms with Gasteiger partial charge in [0.05, 0.1) is 5.92 Å². The number of terminal acetylenes is 1. The molecule has 0 aromatic heterocycles. The molecule has 2 aliphatic rings. The van der Waals surface area contributed by atoms with E-state index in [1.807, 2.05) is 11.0 Å². The second-order valence-electron chi connectivity index (χ2n) is 8.61. The lowest BCUT2D eigenvalue weighted by molar-refractivity contribution is -0.137. The van der Waals surface area contributed by atoms with Crippen LogP contribution in [0.5, 0.6) is 5.75 Å². The minimum Gasteiger partial charge on any atom is -0.426 e. The maximum absolute atomic E-state index is 12.7. The summed E-state index contributed by atoms with van der Waals surface area (Å²) in [7, 11) is 0. The molecule has 2 saturated heterocycles. The van der Waals surface area contributed by atoms with Gasteiger partial charge in [-0.1, -0.05) is 24.1 Å². The van der Waals surface area contributed by atoms with E-state index in [1.54, 1.807) is 24.3 Å². The van der Waals surface area contributed by atoms with E-state index in [9.17, 15) is 14.4 Å². The van der Waals surface area contributed by atoms with Gasteiger partial charge in [0.15, 0.2) is 0 Å². The lowest BCUT2D eigenvalue weighted by Crippen LogP contribution is -2.46. The molecular weight excluding hydrogens is 406 g/mol. The molecule has 0 saturated carbocycles. The van der Waals surface area contributed by atoms with E-state index < -0.39 is 11.9 Å². The molecule has 7 nitrogen and oxygen atoms in total. The Morgan fingerprint density at radius 2 is 1.94 bits per heavy atom. The average molecular weight is 440 g/mol. The molecule has 2 N–H and O–H groups in total. The number of nitrogens with one attached hydrogen (secondary N) is 2. The number of ether oxygens (including phenoxy) is 1. The summed E-state index contributed by atoms with van der Waals surface area (Å²) in [5, 5.41) is 6.13. The van der Waals surface area contributed by atoms with Crippen LogP contribution in [0.1, 0.15) is 38.5 Å². The minimum atomic E-state index is -0.870. The third kappa shape index (κ3) is 7.10. The first-order valence-corrected chi connectivity index (χ1v) is 11.6. The summed E-state index contributed by atoms with van der Waals surface area (Å²) < 4.78 is 5.28. The van der Waals surface area contributed by atoms with Gasteiger partial charge < -0.3 is 20.3 Å². The van der Waals surface area contributed by atoms with Crippen LogP contribution in [-0.2, 0) is 14.4 Å². The SMILES string of the molecule is C#C[C@@H](CNC(=O)[C@@H]1CCCN(C(=O)CCC2CCNCC2)C1)C(=O)Oc1ccccc1. The molecule has 2 amide bonds. The topological polar surface area (TPSA) is 87.7 Å². The van der Waals surface area contributed by atoms with Crippen molar-refractivity contribution in [1.82, 2.24) is 15.5 Å². The summed E-state index contributed by atoms with van der Waals surface area (Å²) in [4.78, 5) is 39.5. The third-order valence-corrected chi connectivity index (χ3v) is 6.30. The third-order valence-electron chi connectivity index (χ3n) is 6.30. The van der Waals surface area contributed by atoms with Crippen molar-refractivity contribution in [3.05, 3.63) is 30.3 Å². The van der Waals surface area contributed by atoms with Crippen molar-refractivity contribution in [3.63, 3.8) is 0 Å². The number of rotatable bonds is 8. The first kappa shape index (κ1) is 23.8. The fourth-order valence-electron chi connectivity index (χ4n) is 4.31. The summed E-state index contributed by atoms with van der Waals surface area (Å²) in [5.74, 6) is 1.66. The number of carbonyl (C=O) groups excluding carboxylic acids is 3. The van der Waals surface area contributed by atoms with Crippen molar-refractivity contribution in [1.29, 1.82) is 0 Å². The first-order chi connectivity index (χ1) is 15.6. The second kappa shape index (κ2) is 12.3. The largest absolute Gasteiger partial charge is 0.426 e. The number of carbonyl (C=O) groups is 3. The van der Waals surface area contributed by atoms with Crippen LogP contribution in [0.3, 0.4) is 0 Å². The highest BCUT2D eigenvalue weighted by atomic mass is 16.5. The molecule has 32 heavy (non-hydrogen) atoms. The van der Waals surface area contributed by atoms with Crippen molar-refractivity contribution < 1.29 is 19.1 Å². The Morgan fingerprint density at radius 1 is 1.19 bits per heavy atom. The lowest BCUT2D eigenvalue weighted by Gasteiger charge is -2.33. The van der Waals surface area contributed by atoms with Gasteiger partial charge >= 0.3 is 5.97 Å². The highest BCUT2D eigenvalue weighted by Gasteiger charge is 2.29. The Bertz CT molecular complexity index is 814. The molecule has 2 fully saturated rings. The second-order valence-corrected chi connectivity index (χ2v) is 8.61. The number of benzene rings is 1. The maximum Gasteiger partial charge on any atom is 0.328 e. The van der Waals surface area contributed by atoms with E-state index in [0.717, 1.165) is 45.2 Å². The number of esters is 1. The molecule has 1 aromatic carbocycles. The molecule has 172 valence electrons. The summed E-state index contributed by atoms with van der Waals surface area (Å²) >= 11 is 0. The molecule has 0 unspecified atom stereocenters. The molecule has 0 radical (unpaired) electrons. The summed E-state index contributed by atoms with van der Waals surface area (Å²) in [6.45, 7) is 3.20. The van der Waals surface area contributed by atoms with Gasteiger partial charge in [-0.05, 0) is 63.2 Å².